The van der Waals surface area contributed by atoms with Crippen molar-refractivity contribution in [2.24, 2.45) is 0 Å². The highest BCUT2D eigenvalue weighted by Crippen LogP contribution is 2.46. The predicted molar refractivity (Wildman–Crippen MR) is 122 cm³/mol. The average molecular weight is 569 g/mol. The van der Waals surface area contributed by atoms with Gasteiger partial charge in [-0.1, -0.05) is 62.9 Å². The summed E-state index contributed by atoms with van der Waals surface area (Å²) in [7, 11) is 0. The first-order valence-electron chi connectivity index (χ1n) is 9.17. The third-order valence-electron chi connectivity index (χ3n) is 4.96. The van der Waals surface area contributed by atoms with Crippen molar-refractivity contribution in [2.75, 3.05) is 10.6 Å². The third kappa shape index (κ3) is 4.57. The van der Waals surface area contributed by atoms with Gasteiger partial charge in [-0.25, -0.2) is 4.68 Å². The lowest BCUT2D eigenvalue weighted by Crippen LogP contribution is -2.35. The molecule has 0 aliphatic carbocycles. The lowest BCUT2D eigenvalue weighted by molar-refractivity contribution is -0.173. The highest BCUT2D eigenvalue weighted by Gasteiger charge is 2.47. The zero-order valence-electron chi connectivity index (χ0n) is 15.9. The molecule has 2 heterocycles. The van der Waals surface area contributed by atoms with Gasteiger partial charge in [0.2, 0.25) is 0 Å². The fourth-order valence-electron chi connectivity index (χ4n) is 3.41. The predicted octanol–water partition coefficient (Wildman–Crippen LogP) is 7.52. The lowest BCUT2D eigenvalue weighted by atomic mass is 9.97. The molecule has 0 bridgehead atoms. The summed E-state index contributed by atoms with van der Waals surface area (Å²) in [6, 6.07) is 8.65. The summed E-state index contributed by atoms with van der Waals surface area (Å²) in [5.41, 5.74) is 0.596. The molecular weight excluding hydrogens is 556 g/mol. The largest absolute Gasteiger partial charge is 0.410 e. The van der Waals surface area contributed by atoms with Crippen molar-refractivity contribution in [1.82, 2.24) is 9.78 Å². The van der Waals surface area contributed by atoms with E-state index in [0.717, 1.165) is 9.15 Å². The summed E-state index contributed by atoms with van der Waals surface area (Å²) in [4.78, 5) is 12.7. The number of halogens is 7. The Morgan fingerprint density at radius 1 is 1.12 bits per heavy atom. The zero-order valence-corrected chi connectivity index (χ0v) is 19.7. The standard InChI is InChI=1S/C20H13BrCl3F3N4O/c21-10-3-1-9(2-4-10)14-8-15(20(25,26)27)31-18(29-14)16(24)17(30-31)19(32)28-11-5-6-12(22)13(23)7-11/h1-7,14-15,29H,8H2,(H,28,32). The van der Waals surface area contributed by atoms with Crippen LogP contribution >= 0.6 is 50.7 Å². The van der Waals surface area contributed by atoms with Gasteiger partial charge in [0.25, 0.3) is 5.91 Å². The molecule has 1 aliphatic heterocycles. The number of hydrogen-bond acceptors (Lipinski definition) is 3. The summed E-state index contributed by atoms with van der Waals surface area (Å²) < 4.78 is 43.2. The minimum atomic E-state index is -4.60. The minimum Gasteiger partial charge on any atom is -0.362 e. The number of alkyl halides is 3. The van der Waals surface area contributed by atoms with Gasteiger partial charge < -0.3 is 10.6 Å². The van der Waals surface area contributed by atoms with Crippen LogP contribution in [0.15, 0.2) is 46.9 Å². The van der Waals surface area contributed by atoms with Crippen molar-refractivity contribution in [2.45, 2.75) is 24.7 Å². The number of anilines is 2. The molecular formula is C20H13BrCl3F3N4O. The first-order valence-corrected chi connectivity index (χ1v) is 11.1. The van der Waals surface area contributed by atoms with E-state index < -0.39 is 24.2 Å². The van der Waals surface area contributed by atoms with E-state index in [0.29, 0.717) is 11.3 Å². The highest BCUT2D eigenvalue weighted by molar-refractivity contribution is 9.10. The van der Waals surface area contributed by atoms with Crippen LogP contribution in [0.4, 0.5) is 24.7 Å². The van der Waals surface area contributed by atoms with E-state index in [-0.39, 0.29) is 33.0 Å². The molecule has 2 N–H and O–H groups in total. The van der Waals surface area contributed by atoms with E-state index in [2.05, 4.69) is 31.7 Å². The number of amides is 1. The number of carbonyl (C=O) groups is 1. The number of aromatic nitrogens is 2. The number of fused-ring (bicyclic) bond motifs is 1. The lowest BCUT2D eigenvalue weighted by Gasteiger charge is -2.33. The Hall–Kier alpha value is -1.94. The van der Waals surface area contributed by atoms with Gasteiger partial charge in [0.15, 0.2) is 11.7 Å². The molecule has 2 aromatic carbocycles. The van der Waals surface area contributed by atoms with Crippen molar-refractivity contribution in [3.8, 4) is 0 Å². The quantitative estimate of drug-likeness (QED) is 0.344. The Balaban J connectivity index is 1.69. The smallest absolute Gasteiger partial charge is 0.362 e. The van der Waals surface area contributed by atoms with Crippen molar-refractivity contribution in [3.63, 3.8) is 0 Å². The van der Waals surface area contributed by atoms with Gasteiger partial charge in [0, 0.05) is 16.6 Å². The van der Waals surface area contributed by atoms with Crippen molar-refractivity contribution in [3.05, 3.63) is 73.3 Å². The van der Waals surface area contributed by atoms with Crippen LogP contribution in [0.3, 0.4) is 0 Å². The summed E-state index contributed by atoms with van der Waals surface area (Å²) in [5.74, 6) is -0.856. The Bertz CT molecular complexity index is 1180. The van der Waals surface area contributed by atoms with E-state index in [4.69, 9.17) is 34.8 Å². The second-order valence-corrected chi connectivity index (χ2v) is 9.19. The van der Waals surface area contributed by atoms with Crippen molar-refractivity contribution < 1.29 is 18.0 Å². The van der Waals surface area contributed by atoms with E-state index in [1.165, 1.54) is 18.2 Å². The van der Waals surface area contributed by atoms with Gasteiger partial charge in [-0.05, 0) is 35.9 Å². The maximum absolute atomic E-state index is 13.9. The second-order valence-electron chi connectivity index (χ2n) is 7.08. The van der Waals surface area contributed by atoms with Gasteiger partial charge in [-0.15, -0.1) is 0 Å². The molecule has 2 unspecified atom stereocenters. The maximum Gasteiger partial charge on any atom is 0.410 e. The monoisotopic (exact) mass is 566 g/mol. The second kappa shape index (κ2) is 8.78. The molecule has 12 heteroatoms. The third-order valence-corrected chi connectivity index (χ3v) is 6.59. The molecule has 2 atom stereocenters. The molecule has 0 fully saturated rings. The van der Waals surface area contributed by atoms with Gasteiger partial charge in [-0.3, -0.25) is 4.79 Å². The van der Waals surface area contributed by atoms with Crippen LogP contribution in [-0.4, -0.2) is 21.9 Å². The highest BCUT2D eigenvalue weighted by atomic mass is 79.9. The summed E-state index contributed by atoms with van der Waals surface area (Å²) in [5, 5.41) is 9.70. The number of hydrogen-bond donors (Lipinski definition) is 2. The van der Waals surface area contributed by atoms with E-state index >= 15 is 0 Å². The number of rotatable bonds is 3. The average Bonchev–Trinajstić information content (AvgIpc) is 3.06. The molecule has 5 nitrogen and oxygen atoms in total. The van der Waals surface area contributed by atoms with Crippen LogP contribution in [-0.2, 0) is 0 Å². The van der Waals surface area contributed by atoms with Gasteiger partial charge in [-0.2, -0.15) is 18.3 Å². The first-order chi connectivity index (χ1) is 15.0. The summed E-state index contributed by atoms with van der Waals surface area (Å²) >= 11 is 21.4. The molecule has 0 saturated carbocycles. The van der Waals surface area contributed by atoms with Crippen molar-refractivity contribution >= 4 is 68.1 Å². The fraction of sp³-hybridized carbons (Fsp3) is 0.200. The zero-order chi connectivity index (χ0) is 23.2. The topological polar surface area (TPSA) is 59.0 Å². The van der Waals surface area contributed by atoms with E-state index in [1.54, 1.807) is 24.3 Å². The number of benzene rings is 2. The minimum absolute atomic E-state index is 0.0764. The fourth-order valence-corrected chi connectivity index (χ4v) is 4.24. The van der Waals surface area contributed by atoms with Crippen LogP contribution < -0.4 is 10.6 Å². The van der Waals surface area contributed by atoms with Crippen LogP contribution in [0.25, 0.3) is 0 Å². The summed E-state index contributed by atoms with van der Waals surface area (Å²) in [6.07, 6.45) is -4.92. The van der Waals surface area contributed by atoms with Gasteiger partial charge in [0.1, 0.15) is 10.8 Å². The molecule has 3 aromatic rings. The SMILES string of the molecule is O=C(Nc1ccc(Cl)c(Cl)c1)c1nn2c(c1Cl)NC(c1ccc(Br)cc1)CC2C(F)(F)F. The van der Waals surface area contributed by atoms with Crippen molar-refractivity contribution in [1.29, 1.82) is 0 Å². The molecule has 0 radical (unpaired) electrons. The number of carbonyl (C=O) groups excluding carboxylic acids is 1. The van der Waals surface area contributed by atoms with E-state index in [9.17, 15) is 18.0 Å². The van der Waals surface area contributed by atoms with E-state index in [1.807, 2.05) is 0 Å². The molecule has 168 valence electrons. The van der Waals surface area contributed by atoms with Crippen LogP contribution in [0.1, 0.15) is 34.6 Å². The Kier molecular flexibility index (Phi) is 6.37. The molecule has 4 rings (SSSR count). The van der Waals surface area contributed by atoms with Gasteiger partial charge in [0.05, 0.1) is 16.1 Å². The molecule has 1 amide bonds. The normalized spacial score (nSPS) is 18.1. The Labute approximate surface area is 204 Å². The molecule has 0 saturated heterocycles. The molecule has 1 aliphatic rings. The molecule has 1 aromatic heterocycles. The Morgan fingerprint density at radius 2 is 1.81 bits per heavy atom. The molecule has 0 spiro atoms. The molecule has 32 heavy (non-hydrogen) atoms. The first kappa shape index (κ1) is 23.2. The maximum atomic E-state index is 13.9. The summed E-state index contributed by atoms with van der Waals surface area (Å²) in [6.45, 7) is 0. The Morgan fingerprint density at radius 3 is 2.44 bits per heavy atom. The van der Waals surface area contributed by atoms with Crippen LogP contribution in [0, 0.1) is 0 Å². The van der Waals surface area contributed by atoms with Crippen LogP contribution in [0.2, 0.25) is 15.1 Å². The van der Waals surface area contributed by atoms with Gasteiger partial charge >= 0.3 is 6.18 Å². The van der Waals surface area contributed by atoms with Crippen LogP contribution in [0.5, 0.6) is 0 Å². The number of nitrogens with one attached hydrogen (secondary N) is 2. The number of nitrogens with zero attached hydrogens (tertiary/aromatic N) is 2.